The van der Waals surface area contributed by atoms with Crippen molar-refractivity contribution in [1.29, 1.82) is 0 Å². The average molecular weight is 333 g/mol. The maximum Gasteiger partial charge on any atom is 0.236 e. The zero-order valence-electron chi connectivity index (χ0n) is 12.9. The van der Waals surface area contributed by atoms with E-state index in [2.05, 4.69) is 4.72 Å². The van der Waals surface area contributed by atoms with Crippen molar-refractivity contribution in [2.24, 2.45) is 0 Å². The smallest absolute Gasteiger partial charge is 0.236 e. The van der Waals surface area contributed by atoms with E-state index >= 15 is 0 Å². The number of anilines is 1. The fourth-order valence-corrected chi connectivity index (χ4v) is 3.64. The lowest BCUT2D eigenvalue weighted by Gasteiger charge is -2.12. The molecule has 0 fully saturated rings. The van der Waals surface area contributed by atoms with Gasteiger partial charge in [0.05, 0.1) is 24.7 Å². The number of hydrogen-bond acceptors (Lipinski definition) is 4. The minimum Gasteiger partial charge on any atom is -0.490 e. The van der Waals surface area contributed by atoms with Crippen molar-refractivity contribution in [2.45, 2.75) is 19.1 Å². The van der Waals surface area contributed by atoms with E-state index in [0.29, 0.717) is 30.4 Å². The van der Waals surface area contributed by atoms with Crippen molar-refractivity contribution in [3.63, 3.8) is 0 Å². The second-order valence-electron chi connectivity index (χ2n) is 5.56. The summed E-state index contributed by atoms with van der Waals surface area (Å²) in [7, 11) is -3.49. The second-order valence-corrected chi connectivity index (χ2v) is 7.28. The van der Waals surface area contributed by atoms with Crippen molar-refractivity contribution in [2.75, 3.05) is 17.9 Å². The summed E-state index contributed by atoms with van der Waals surface area (Å²) in [5.74, 6) is 1.14. The Balaban J connectivity index is 1.76. The third kappa shape index (κ3) is 4.16. The van der Waals surface area contributed by atoms with Gasteiger partial charge in [-0.25, -0.2) is 8.42 Å². The molecule has 122 valence electrons. The quantitative estimate of drug-likeness (QED) is 0.934. The number of hydrogen-bond donors (Lipinski definition) is 1. The predicted octanol–water partition coefficient (Wildman–Crippen LogP) is 3.10. The van der Waals surface area contributed by atoms with Crippen molar-refractivity contribution < 1.29 is 17.9 Å². The van der Waals surface area contributed by atoms with Crippen LogP contribution in [-0.2, 0) is 15.8 Å². The monoisotopic (exact) mass is 333 g/mol. The molecule has 6 heteroatoms. The van der Waals surface area contributed by atoms with Crippen LogP contribution < -0.4 is 14.2 Å². The van der Waals surface area contributed by atoms with Crippen LogP contribution >= 0.6 is 0 Å². The van der Waals surface area contributed by atoms with E-state index in [1.54, 1.807) is 24.3 Å². The molecule has 23 heavy (non-hydrogen) atoms. The van der Waals surface area contributed by atoms with E-state index in [1.807, 2.05) is 25.1 Å². The first kappa shape index (κ1) is 15.7. The molecule has 1 N–H and O–H groups in total. The molecule has 3 rings (SSSR count). The first-order valence-electron chi connectivity index (χ1n) is 7.47. The van der Waals surface area contributed by atoms with Gasteiger partial charge in [0.2, 0.25) is 10.0 Å². The lowest BCUT2D eigenvalue weighted by Crippen LogP contribution is -2.15. The molecule has 0 aromatic heterocycles. The van der Waals surface area contributed by atoms with Gasteiger partial charge in [-0.3, -0.25) is 4.72 Å². The second kappa shape index (κ2) is 6.50. The SMILES string of the molecule is Cc1cccc(CS(=O)(=O)Nc2ccc3c(c2)OCCCO3)c1. The molecule has 0 saturated heterocycles. The Hall–Kier alpha value is -2.21. The topological polar surface area (TPSA) is 64.6 Å². The third-order valence-corrected chi connectivity index (χ3v) is 4.72. The average Bonchev–Trinajstić information content (AvgIpc) is 2.71. The van der Waals surface area contributed by atoms with Crippen LogP contribution in [0.2, 0.25) is 0 Å². The van der Waals surface area contributed by atoms with Gasteiger partial charge in [0, 0.05) is 12.5 Å². The van der Waals surface area contributed by atoms with Crippen molar-refractivity contribution in [1.82, 2.24) is 0 Å². The van der Waals surface area contributed by atoms with E-state index < -0.39 is 10.0 Å². The Kier molecular flexibility index (Phi) is 4.43. The summed E-state index contributed by atoms with van der Waals surface area (Å²) in [4.78, 5) is 0. The molecule has 0 radical (unpaired) electrons. The summed E-state index contributed by atoms with van der Waals surface area (Å²) in [6.07, 6.45) is 0.809. The van der Waals surface area contributed by atoms with E-state index in [1.165, 1.54) is 0 Å². The van der Waals surface area contributed by atoms with Gasteiger partial charge >= 0.3 is 0 Å². The fraction of sp³-hybridized carbons (Fsp3) is 0.294. The molecule has 0 spiro atoms. The lowest BCUT2D eigenvalue weighted by molar-refractivity contribution is 0.297. The largest absolute Gasteiger partial charge is 0.490 e. The minimum absolute atomic E-state index is 0.0663. The molecule has 5 nitrogen and oxygen atoms in total. The van der Waals surface area contributed by atoms with E-state index in [9.17, 15) is 8.42 Å². The Morgan fingerprint density at radius 1 is 1.04 bits per heavy atom. The number of fused-ring (bicyclic) bond motifs is 1. The summed E-state index contributed by atoms with van der Waals surface area (Å²) in [6, 6.07) is 12.5. The predicted molar refractivity (Wildman–Crippen MR) is 89.5 cm³/mol. The van der Waals surface area contributed by atoms with Crippen LogP contribution in [0, 0.1) is 6.92 Å². The van der Waals surface area contributed by atoms with Gasteiger partial charge in [0.15, 0.2) is 11.5 Å². The standard InChI is InChI=1S/C17H19NO4S/c1-13-4-2-5-14(10-13)12-23(19,20)18-15-6-7-16-17(11-15)22-9-3-8-21-16/h2,4-7,10-11,18H,3,8-9,12H2,1H3. The lowest BCUT2D eigenvalue weighted by atomic mass is 10.2. The molecule has 0 atom stereocenters. The number of ether oxygens (including phenoxy) is 2. The van der Waals surface area contributed by atoms with Crippen LogP contribution in [0.25, 0.3) is 0 Å². The molecule has 1 aliphatic heterocycles. The highest BCUT2D eigenvalue weighted by molar-refractivity contribution is 7.91. The number of rotatable bonds is 4. The first-order valence-corrected chi connectivity index (χ1v) is 9.13. The molecule has 0 unspecified atom stereocenters. The minimum atomic E-state index is -3.49. The van der Waals surface area contributed by atoms with Crippen LogP contribution in [0.4, 0.5) is 5.69 Å². The molecule has 0 bridgehead atoms. The summed E-state index contributed by atoms with van der Waals surface area (Å²) >= 11 is 0. The van der Waals surface area contributed by atoms with Gasteiger partial charge in [0.25, 0.3) is 0 Å². The summed E-state index contributed by atoms with van der Waals surface area (Å²) in [5, 5.41) is 0. The number of benzene rings is 2. The van der Waals surface area contributed by atoms with Gasteiger partial charge < -0.3 is 9.47 Å². The summed E-state index contributed by atoms with van der Waals surface area (Å²) in [6.45, 7) is 3.10. The zero-order valence-corrected chi connectivity index (χ0v) is 13.7. The molecule has 0 aliphatic carbocycles. The van der Waals surface area contributed by atoms with Gasteiger partial charge in [-0.05, 0) is 24.6 Å². The van der Waals surface area contributed by atoms with Crippen LogP contribution in [0.5, 0.6) is 11.5 Å². The summed E-state index contributed by atoms with van der Waals surface area (Å²) < 4.78 is 38.4. The van der Waals surface area contributed by atoms with E-state index in [-0.39, 0.29) is 5.75 Å². The molecule has 0 saturated carbocycles. The molecular formula is C17H19NO4S. The fourth-order valence-electron chi connectivity index (χ4n) is 2.46. The van der Waals surface area contributed by atoms with Crippen LogP contribution in [-0.4, -0.2) is 21.6 Å². The molecule has 1 heterocycles. The Bertz CT molecular complexity index is 802. The first-order chi connectivity index (χ1) is 11.0. The number of aryl methyl sites for hydroxylation is 1. The number of sulfonamides is 1. The van der Waals surface area contributed by atoms with Crippen LogP contribution in [0.15, 0.2) is 42.5 Å². The van der Waals surface area contributed by atoms with Crippen molar-refractivity contribution in [3.05, 3.63) is 53.6 Å². The molecule has 2 aromatic rings. The van der Waals surface area contributed by atoms with Gasteiger partial charge in [-0.15, -0.1) is 0 Å². The van der Waals surface area contributed by atoms with Gasteiger partial charge in [-0.1, -0.05) is 29.8 Å². The third-order valence-electron chi connectivity index (χ3n) is 3.46. The Labute approximate surface area is 136 Å². The van der Waals surface area contributed by atoms with Crippen molar-refractivity contribution in [3.8, 4) is 11.5 Å². The van der Waals surface area contributed by atoms with E-state index in [4.69, 9.17) is 9.47 Å². The number of nitrogens with one attached hydrogen (secondary N) is 1. The highest BCUT2D eigenvalue weighted by Crippen LogP contribution is 2.32. The van der Waals surface area contributed by atoms with Crippen LogP contribution in [0.3, 0.4) is 0 Å². The molecule has 0 amide bonds. The normalized spacial score (nSPS) is 14.1. The van der Waals surface area contributed by atoms with Crippen LogP contribution in [0.1, 0.15) is 17.5 Å². The molecule has 2 aromatic carbocycles. The van der Waals surface area contributed by atoms with Gasteiger partial charge in [0.1, 0.15) is 0 Å². The van der Waals surface area contributed by atoms with E-state index in [0.717, 1.165) is 17.5 Å². The maximum atomic E-state index is 12.3. The highest BCUT2D eigenvalue weighted by Gasteiger charge is 2.15. The van der Waals surface area contributed by atoms with Gasteiger partial charge in [-0.2, -0.15) is 0 Å². The molecule has 1 aliphatic rings. The summed E-state index contributed by atoms with van der Waals surface area (Å²) in [5.41, 5.74) is 2.27. The maximum absolute atomic E-state index is 12.3. The van der Waals surface area contributed by atoms with Crippen molar-refractivity contribution >= 4 is 15.7 Å². The Morgan fingerprint density at radius 2 is 1.83 bits per heavy atom. The highest BCUT2D eigenvalue weighted by atomic mass is 32.2. The molecular weight excluding hydrogens is 314 g/mol. The zero-order chi connectivity index (χ0) is 16.3. The Morgan fingerprint density at radius 3 is 2.61 bits per heavy atom.